The van der Waals surface area contributed by atoms with Gasteiger partial charge in [-0.2, -0.15) is 0 Å². The maximum absolute atomic E-state index is 11.7. The van der Waals surface area contributed by atoms with Gasteiger partial charge in [0, 0.05) is 17.0 Å². The summed E-state index contributed by atoms with van der Waals surface area (Å²) < 4.78 is 0. The lowest BCUT2D eigenvalue weighted by atomic mass is 10.1. The second kappa shape index (κ2) is 6.18. The number of hydrogen-bond donors (Lipinski definition) is 0. The summed E-state index contributed by atoms with van der Waals surface area (Å²) in [7, 11) is 1.97. The Morgan fingerprint density at radius 2 is 1.76 bits per heavy atom. The number of rotatable bonds is 5. The molecule has 1 aromatic carbocycles. The highest BCUT2D eigenvalue weighted by Gasteiger charge is 2.16. The molecule has 17 heavy (non-hydrogen) atoms. The lowest BCUT2D eigenvalue weighted by Gasteiger charge is -2.25. The zero-order valence-corrected chi connectivity index (χ0v) is 11.7. The van der Waals surface area contributed by atoms with Crippen LogP contribution in [-0.4, -0.2) is 24.3 Å². The van der Waals surface area contributed by atoms with Crippen LogP contribution in [0.5, 0.6) is 0 Å². The minimum absolute atomic E-state index is 0.0925. The minimum atomic E-state index is 0.0925. The molecule has 2 nitrogen and oxygen atoms in total. The van der Waals surface area contributed by atoms with E-state index >= 15 is 0 Å². The van der Waals surface area contributed by atoms with Gasteiger partial charge in [-0.05, 0) is 31.7 Å². The third-order valence-corrected chi connectivity index (χ3v) is 3.31. The molecule has 0 saturated heterocycles. The van der Waals surface area contributed by atoms with Gasteiger partial charge < -0.3 is 0 Å². The quantitative estimate of drug-likeness (QED) is 0.800. The van der Waals surface area contributed by atoms with Gasteiger partial charge in [0.05, 0.1) is 6.54 Å². The monoisotopic (exact) mass is 253 g/mol. The second-order valence-corrected chi connectivity index (χ2v) is 5.20. The van der Waals surface area contributed by atoms with Crippen LogP contribution in [0.1, 0.15) is 32.4 Å². The summed E-state index contributed by atoms with van der Waals surface area (Å²) in [6.07, 6.45) is 0. The number of halogens is 1. The van der Waals surface area contributed by atoms with Crippen molar-refractivity contribution in [2.24, 2.45) is 5.92 Å². The molecule has 0 amide bonds. The molecule has 94 valence electrons. The molecule has 1 atom stereocenters. The SMILES string of the molecule is CC(C)C(=O)CN(C)C(C)c1ccc(Cl)cc1. The number of likely N-dealkylation sites (N-methyl/N-ethyl adjacent to an activating group) is 1. The zero-order chi connectivity index (χ0) is 13.0. The lowest BCUT2D eigenvalue weighted by Crippen LogP contribution is -2.30. The van der Waals surface area contributed by atoms with Gasteiger partial charge in [-0.25, -0.2) is 0 Å². The van der Waals surface area contributed by atoms with Crippen molar-refractivity contribution < 1.29 is 4.79 Å². The van der Waals surface area contributed by atoms with Gasteiger partial charge in [-0.1, -0.05) is 37.6 Å². The molecule has 0 heterocycles. The van der Waals surface area contributed by atoms with Crippen molar-refractivity contribution >= 4 is 17.4 Å². The van der Waals surface area contributed by atoms with Gasteiger partial charge in [0.15, 0.2) is 0 Å². The van der Waals surface area contributed by atoms with Crippen molar-refractivity contribution in [2.45, 2.75) is 26.8 Å². The zero-order valence-electron chi connectivity index (χ0n) is 10.9. The number of Topliss-reactive ketones (excluding diaryl/α,β-unsaturated/α-hetero) is 1. The average Bonchev–Trinajstić information content (AvgIpc) is 2.28. The second-order valence-electron chi connectivity index (χ2n) is 4.76. The van der Waals surface area contributed by atoms with Gasteiger partial charge in [0.1, 0.15) is 5.78 Å². The van der Waals surface area contributed by atoms with E-state index in [1.54, 1.807) is 0 Å². The van der Waals surface area contributed by atoms with Crippen LogP contribution in [0.15, 0.2) is 24.3 Å². The molecule has 1 rings (SSSR count). The van der Waals surface area contributed by atoms with Crippen molar-refractivity contribution in [2.75, 3.05) is 13.6 Å². The molecule has 0 spiro atoms. The summed E-state index contributed by atoms with van der Waals surface area (Å²) in [4.78, 5) is 13.7. The molecule has 0 aliphatic rings. The van der Waals surface area contributed by atoms with Crippen LogP contribution in [0, 0.1) is 5.92 Å². The van der Waals surface area contributed by atoms with Crippen LogP contribution in [0.25, 0.3) is 0 Å². The molecule has 0 aliphatic carbocycles. The minimum Gasteiger partial charge on any atom is -0.298 e. The summed E-state index contributed by atoms with van der Waals surface area (Å²) in [5.74, 6) is 0.364. The smallest absolute Gasteiger partial charge is 0.149 e. The Hall–Kier alpha value is -0.860. The summed E-state index contributed by atoms with van der Waals surface area (Å²) >= 11 is 5.85. The number of hydrogen-bond acceptors (Lipinski definition) is 2. The number of nitrogens with zero attached hydrogens (tertiary/aromatic N) is 1. The van der Waals surface area contributed by atoms with Crippen LogP contribution < -0.4 is 0 Å². The largest absolute Gasteiger partial charge is 0.298 e. The van der Waals surface area contributed by atoms with E-state index in [2.05, 4.69) is 11.8 Å². The van der Waals surface area contributed by atoms with Crippen molar-refractivity contribution in [3.05, 3.63) is 34.9 Å². The fourth-order valence-corrected chi connectivity index (χ4v) is 1.69. The standard InChI is InChI=1S/C14H20ClNO/c1-10(2)14(17)9-16(4)11(3)12-5-7-13(15)8-6-12/h5-8,10-11H,9H2,1-4H3. The van der Waals surface area contributed by atoms with Crippen molar-refractivity contribution in [3.63, 3.8) is 0 Å². The predicted molar refractivity (Wildman–Crippen MR) is 72.3 cm³/mol. The topological polar surface area (TPSA) is 20.3 Å². The van der Waals surface area contributed by atoms with E-state index in [0.29, 0.717) is 6.54 Å². The van der Waals surface area contributed by atoms with E-state index in [1.165, 1.54) is 5.56 Å². The van der Waals surface area contributed by atoms with E-state index in [4.69, 9.17) is 11.6 Å². The van der Waals surface area contributed by atoms with Gasteiger partial charge in [-0.15, -0.1) is 0 Å². The molecule has 1 unspecified atom stereocenters. The first-order chi connectivity index (χ1) is 7.91. The Morgan fingerprint density at radius 3 is 2.24 bits per heavy atom. The maximum atomic E-state index is 11.7. The molecule has 3 heteroatoms. The summed E-state index contributed by atoms with van der Waals surface area (Å²) in [6, 6.07) is 7.99. The maximum Gasteiger partial charge on any atom is 0.149 e. The van der Waals surface area contributed by atoms with E-state index in [9.17, 15) is 4.79 Å². The number of carbonyl (C=O) groups excluding carboxylic acids is 1. The van der Waals surface area contributed by atoms with E-state index in [-0.39, 0.29) is 17.7 Å². The molecular weight excluding hydrogens is 234 g/mol. The number of ketones is 1. The first kappa shape index (κ1) is 14.2. The third kappa shape index (κ3) is 4.14. The molecule has 0 saturated carbocycles. The van der Waals surface area contributed by atoms with Crippen LogP contribution >= 0.6 is 11.6 Å². The van der Waals surface area contributed by atoms with Crippen LogP contribution in [-0.2, 0) is 4.79 Å². The molecule has 0 aliphatic heterocycles. The molecule has 1 aromatic rings. The van der Waals surface area contributed by atoms with E-state index in [1.807, 2.05) is 45.2 Å². The summed E-state index contributed by atoms with van der Waals surface area (Å²) in [5, 5.41) is 0.738. The third-order valence-electron chi connectivity index (χ3n) is 3.06. The molecule has 0 fully saturated rings. The molecule has 0 aromatic heterocycles. The molecule has 0 bridgehead atoms. The molecular formula is C14H20ClNO. The van der Waals surface area contributed by atoms with E-state index < -0.39 is 0 Å². The molecule has 0 radical (unpaired) electrons. The van der Waals surface area contributed by atoms with Gasteiger partial charge >= 0.3 is 0 Å². The fraction of sp³-hybridized carbons (Fsp3) is 0.500. The fourth-order valence-electron chi connectivity index (χ4n) is 1.56. The van der Waals surface area contributed by atoms with Crippen molar-refractivity contribution in [1.82, 2.24) is 4.90 Å². The first-order valence-corrected chi connectivity index (χ1v) is 6.28. The lowest BCUT2D eigenvalue weighted by molar-refractivity contribution is -0.123. The predicted octanol–water partition coefficient (Wildman–Crippen LogP) is 3.56. The van der Waals surface area contributed by atoms with Crippen molar-refractivity contribution in [1.29, 1.82) is 0 Å². The van der Waals surface area contributed by atoms with Crippen LogP contribution in [0.2, 0.25) is 5.02 Å². The number of benzene rings is 1. The summed E-state index contributed by atoms with van der Waals surface area (Å²) in [6.45, 7) is 6.45. The van der Waals surface area contributed by atoms with Crippen molar-refractivity contribution in [3.8, 4) is 0 Å². The van der Waals surface area contributed by atoms with Gasteiger partial charge in [0.25, 0.3) is 0 Å². The van der Waals surface area contributed by atoms with E-state index in [0.717, 1.165) is 5.02 Å². The summed E-state index contributed by atoms with van der Waals surface area (Å²) in [5.41, 5.74) is 1.17. The van der Waals surface area contributed by atoms with Crippen LogP contribution in [0.3, 0.4) is 0 Å². The highest BCUT2D eigenvalue weighted by molar-refractivity contribution is 6.30. The Bertz CT molecular complexity index is 372. The Labute approximate surface area is 109 Å². The molecule has 0 N–H and O–H groups in total. The average molecular weight is 254 g/mol. The normalized spacial score (nSPS) is 13.1. The first-order valence-electron chi connectivity index (χ1n) is 5.90. The van der Waals surface area contributed by atoms with Gasteiger partial charge in [-0.3, -0.25) is 9.69 Å². The van der Waals surface area contributed by atoms with Gasteiger partial charge in [0.2, 0.25) is 0 Å². The Balaban J connectivity index is 2.66. The highest BCUT2D eigenvalue weighted by Crippen LogP contribution is 2.20. The van der Waals surface area contributed by atoms with Crippen LogP contribution in [0.4, 0.5) is 0 Å². The highest BCUT2D eigenvalue weighted by atomic mass is 35.5. The Kier molecular flexibility index (Phi) is 5.16. The number of carbonyl (C=O) groups is 1. The Morgan fingerprint density at radius 1 is 1.24 bits per heavy atom.